The Morgan fingerprint density at radius 1 is 1.14 bits per heavy atom. The van der Waals surface area contributed by atoms with Gasteiger partial charge in [-0.15, -0.1) is 11.3 Å². The smallest absolute Gasteiger partial charge is 0.226 e. The molecular formula is C19H25NOS. The van der Waals surface area contributed by atoms with E-state index in [1.807, 2.05) is 11.3 Å². The first-order chi connectivity index (χ1) is 10.7. The van der Waals surface area contributed by atoms with Crippen molar-refractivity contribution < 1.29 is 4.79 Å². The van der Waals surface area contributed by atoms with E-state index in [0.717, 1.165) is 24.3 Å². The molecule has 5 aliphatic rings. The van der Waals surface area contributed by atoms with E-state index in [9.17, 15) is 4.79 Å². The van der Waals surface area contributed by atoms with E-state index in [4.69, 9.17) is 0 Å². The molecule has 1 aromatic rings. The summed E-state index contributed by atoms with van der Waals surface area (Å²) in [5.41, 5.74) is 0.298. The van der Waals surface area contributed by atoms with Crippen LogP contribution in [0.3, 0.4) is 0 Å². The summed E-state index contributed by atoms with van der Waals surface area (Å²) >= 11 is 1.85. The topological polar surface area (TPSA) is 29.1 Å². The predicted molar refractivity (Wildman–Crippen MR) is 88.8 cm³/mol. The number of nitrogens with one attached hydrogen (secondary N) is 1. The second-order valence-electron chi connectivity index (χ2n) is 8.64. The molecule has 1 heterocycles. The molecule has 0 atom stereocenters. The lowest BCUT2D eigenvalue weighted by molar-refractivity contribution is -0.146. The van der Waals surface area contributed by atoms with Crippen LogP contribution in [-0.4, -0.2) is 12.5 Å². The maximum absolute atomic E-state index is 13.0. The van der Waals surface area contributed by atoms with E-state index < -0.39 is 0 Å². The molecule has 6 rings (SSSR count). The number of hydrogen-bond acceptors (Lipinski definition) is 2. The Balaban J connectivity index is 1.30. The van der Waals surface area contributed by atoms with Crippen molar-refractivity contribution in [2.75, 3.05) is 6.54 Å². The second-order valence-corrected chi connectivity index (χ2v) is 9.59. The third-order valence-corrected chi connectivity index (χ3v) is 8.12. The lowest BCUT2D eigenvalue weighted by atomic mass is 9.49. The van der Waals surface area contributed by atoms with Crippen molar-refractivity contribution in [2.24, 2.45) is 23.2 Å². The van der Waals surface area contributed by atoms with Crippen molar-refractivity contribution in [1.82, 2.24) is 5.32 Å². The molecule has 5 saturated carbocycles. The summed E-state index contributed by atoms with van der Waals surface area (Å²) in [6.45, 7) is 0.869. The van der Waals surface area contributed by atoms with Crippen LogP contribution in [0.4, 0.5) is 0 Å². The van der Waals surface area contributed by atoms with Crippen molar-refractivity contribution in [3.8, 4) is 0 Å². The summed E-state index contributed by atoms with van der Waals surface area (Å²) in [6, 6.07) is 4.38. The van der Waals surface area contributed by atoms with Crippen LogP contribution in [-0.2, 0) is 10.2 Å². The van der Waals surface area contributed by atoms with Gasteiger partial charge in [0.25, 0.3) is 0 Å². The largest absolute Gasteiger partial charge is 0.355 e. The Morgan fingerprint density at radius 3 is 2.27 bits per heavy atom. The van der Waals surface area contributed by atoms with E-state index in [-0.39, 0.29) is 10.8 Å². The standard InChI is InChI=1S/C19H25NOS/c21-17(20-12-18(3-4-18)16-2-1-5-22-16)19-9-13-6-14(10-19)8-15(7-13)11-19/h1-2,5,13-15H,3-4,6-12H2,(H,20,21). The summed E-state index contributed by atoms with van der Waals surface area (Å²) in [5.74, 6) is 2.95. The molecule has 0 aliphatic heterocycles. The molecule has 2 nitrogen and oxygen atoms in total. The molecule has 5 fully saturated rings. The molecule has 4 bridgehead atoms. The van der Waals surface area contributed by atoms with Gasteiger partial charge in [0.05, 0.1) is 0 Å². The van der Waals surface area contributed by atoms with E-state index in [1.165, 1.54) is 56.2 Å². The van der Waals surface area contributed by atoms with Crippen LogP contribution in [0.2, 0.25) is 0 Å². The van der Waals surface area contributed by atoms with Gasteiger partial charge in [-0.1, -0.05) is 6.07 Å². The SMILES string of the molecule is O=C(NCC1(c2cccs2)CC1)C12CC3CC(CC(C3)C1)C2. The van der Waals surface area contributed by atoms with Gasteiger partial charge in [0.1, 0.15) is 0 Å². The van der Waals surface area contributed by atoms with Crippen molar-refractivity contribution in [1.29, 1.82) is 0 Å². The van der Waals surface area contributed by atoms with Crippen molar-refractivity contribution >= 4 is 17.2 Å². The molecular weight excluding hydrogens is 290 g/mol. The van der Waals surface area contributed by atoms with Crippen LogP contribution in [0.5, 0.6) is 0 Å². The highest BCUT2D eigenvalue weighted by molar-refractivity contribution is 7.10. The Labute approximate surface area is 136 Å². The number of thiophene rings is 1. The molecule has 1 amide bonds. The zero-order chi connectivity index (χ0) is 14.8. The molecule has 0 radical (unpaired) electrons. The Kier molecular flexibility index (Phi) is 2.84. The third-order valence-electron chi connectivity index (χ3n) is 7.00. The van der Waals surface area contributed by atoms with Crippen molar-refractivity contribution in [3.05, 3.63) is 22.4 Å². The summed E-state index contributed by atoms with van der Waals surface area (Å²) in [6.07, 6.45) is 10.2. The van der Waals surface area contributed by atoms with Crippen LogP contribution in [0.1, 0.15) is 56.2 Å². The molecule has 1 aromatic heterocycles. The second kappa shape index (κ2) is 4.59. The fraction of sp³-hybridized carbons (Fsp3) is 0.737. The highest BCUT2D eigenvalue weighted by atomic mass is 32.1. The molecule has 1 N–H and O–H groups in total. The van der Waals surface area contributed by atoms with Gasteiger partial charge in [0, 0.05) is 22.3 Å². The third kappa shape index (κ3) is 2.01. The minimum absolute atomic E-state index is 0.0142. The van der Waals surface area contributed by atoms with Gasteiger partial charge in [-0.25, -0.2) is 0 Å². The molecule has 0 aromatic carbocycles. The monoisotopic (exact) mass is 315 g/mol. The van der Waals surface area contributed by atoms with Gasteiger partial charge < -0.3 is 5.32 Å². The Hall–Kier alpha value is -0.830. The average molecular weight is 315 g/mol. The molecule has 5 aliphatic carbocycles. The van der Waals surface area contributed by atoms with Crippen LogP contribution < -0.4 is 5.32 Å². The summed E-state index contributed by atoms with van der Waals surface area (Å²) in [5, 5.41) is 5.56. The zero-order valence-corrected chi connectivity index (χ0v) is 14.0. The number of carbonyl (C=O) groups is 1. The number of rotatable bonds is 4. The first kappa shape index (κ1) is 13.6. The van der Waals surface area contributed by atoms with Gasteiger partial charge in [-0.3, -0.25) is 4.79 Å². The molecule has 0 saturated heterocycles. The quantitative estimate of drug-likeness (QED) is 0.890. The summed E-state index contributed by atoms with van der Waals surface area (Å²) in [7, 11) is 0. The molecule has 118 valence electrons. The fourth-order valence-corrected chi connectivity index (χ4v) is 7.05. The Morgan fingerprint density at radius 2 is 1.77 bits per heavy atom. The van der Waals surface area contributed by atoms with Crippen LogP contribution >= 0.6 is 11.3 Å². The maximum atomic E-state index is 13.0. The summed E-state index contributed by atoms with van der Waals surface area (Å²) in [4.78, 5) is 14.5. The molecule has 3 heteroatoms. The van der Waals surface area contributed by atoms with Crippen molar-refractivity contribution in [2.45, 2.75) is 56.8 Å². The Bertz CT molecular complexity index is 551. The molecule has 0 spiro atoms. The highest BCUT2D eigenvalue weighted by Crippen LogP contribution is 2.60. The minimum atomic E-state index is 0.0142. The van der Waals surface area contributed by atoms with Gasteiger partial charge in [0.2, 0.25) is 5.91 Å². The van der Waals surface area contributed by atoms with Gasteiger partial charge in [-0.05, 0) is 80.6 Å². The average Bonchev–Trinajstić information content (AvgIpc) is 3.06. The van der Waals surface area contributed by atoms with E-state index in [2.05, 4.69) is 22.8 Å². The highest BCUT2D eigenvalue weighted by Gasteiger charge is 2.55. The van der Waals surface area contributed by atoms with Gasteiger partial charge in [-0.2, -0.15) is 0 Å². The lowest BCUT2D eigenvalue weighted by Gasteiger charge is -2.55. The summed E-state index contributed by atoms with van der Waals surface area (Å²) < 4.78 is 0. The van der Waals surface area contributed by atoms with Crippen LogP contribution in [0.15, 0.2) is 17.5 Å². The number of amides is 1. The molecule has 22 heavy (non-hydrogen) atoms. The molecule has 0 unspecified atom stereocenters. The minimum Gasteiger partial charge on any atom is -0.355 e. The first-order valence-corrected chi connectivity index (χ1v) is 9.88. The van der Waals surface area contributed by atoms with Crippen molar-refractivity contribution in [3.63, 3.8) is 0 Å². The fourth-order valence-electron chi connectivity index (χ4n) is 6.07. The predicted octanol–water partition coefficient (Wildman–Crippen LogP) is 4.11. The normalized spacial score (nSPS) is 40.6. The zero-order valence-electron chi connectivity index (χ0n) is 13.1. The van der Waals surface area contributed by atoms with Gasteiger partial charge >= 0.3 is 0 Å². The number of carbonyl (C=O) groups excluding carboxylic acids is 1. The van der Waals surface area contributed by atoms with E-state index in [1.54, 1.807) is 0 Å². The maximum Gasteiger partial charge on any atom is 0.226 e. The lowest BCUT2D eigenvalue weighted by Crippen LogP contribution is -2.54. The van der Waals surface area contributed by atoms with E-state index in [0.29, 0.717) is 5.91 Å². The number of hydrogen-bond donors (Lipinski definition) is 1. The first-order valence-electron chi connectivity index (χ1n) is 9.00. The van der Waals surface area contributed by atoms with Crippen LogP contribution in [0, 0.1) is 23.2 Å². The van der Waals surface area contributed by atoms with Crippen LogP contribution in [0.25, 0.3) is 0 Å². The van der Waals surface area contributed by atoms with Gasteiger partial charge in [0.15, 0.2) is 0 Å². The van der Waals surface area contributed by atoms with E-state index >= 15 is 0 Å².